The summed E-state index contributed by atoms with van der Waals surface area (Å²) >= 11 is 5.95. The van der Waals surface area contributed by atoms with Crippen molar-refractivity contribution in [1.82, 2.24) is 10.2 Å². The number of ether oxygens (including phenoxy) is 1. The Morgan fingerprint density at radius 1 is 1.55 bits per heavy atom. The van der Waals surface area contributed by atoms with Crippen LogP contribution >= 0.6 is 11.6 Å². The van der Waals surface area contributed by atoms with E-state index in [1.807, 2.05) is 4.90 Å². The molecule has 1 aromatic carbocycles. The van der Waals surface area contributed by atoms with E-state index in [-0.39, 0.29) is 11.9 Å². The summed E-state index contributed by atoms with van der Waals surface area (Å²) in [5.74, 6) is 0.559. The number of nitrogens with one attached hydrogen (secondary N) is 1. The number of rotatable bonds is 5. The summed E-state index contributed by atoms with van der Waals surface area (Å²) in [6.45, 7) is 4.68. The van der Waals surface area contributed by atoms with Crippen LogP contribution in [0.15, 0.2) is 18.2 Å². The molecule has 1 heterocycles. The van der Waals surface area contributed by atoms with E-state index in [4.69, 9.17) is 16.3 Å². The van der Waals surface area contributed by atoms with Crippen LogP contribution in [-0.2, 0) is 0 Å². The van der Waals surface area contributed by atoms with Gasteiger partial charge in [-0.15, -0.1) is 0 Å². The third-order valence-corrected chi connectivity index (χ3v) is 3.83. The van der Waals surface area contributed by atoms with Crippen molar-refractivity contribution in [3.05, 3.63) is 28.8 Å². The van der Waals surface area contributed by atoms with Crippen molar-refractivity contribution in [3.8, 4) is 5.75 Å². The first-order valence-corrected chi connectivity index (χ1v) is 7.40. The highest BCUT2D eigenvalue weighted by Crippen LogP contribution is 2.25. The van der Waals surface area contributed by atoms with Crippen LogP contribution in [0.2, 0.25) is 5.02 Å². The quantitative estimate of drug-likeness (QED) is 0.908. The van der Waals surface area contributed by atoms with Crippen LogP contribution in [-0.4, -0.2) is 43.6 Å². The lowest BCUT2D eigenvalue weighted by molar-refractivity contribution is 0.0689. The Hall–Kier alpha value is -1.26. The minimum atomic E-state index is 0.0223. The molecule has 0 aromatic heterocycles. The van der Waals surface area contributed by atoms with Crippen molar-refractivity contribution < 1.29 is 9.53 Å². The molecule has 1 saturated heterocycles. The van der Waals surface area contributed by atoms with Gasteiger partial charge >= 0.3 is 0 Å². The van der Waals surface area contributed by atoms with Crippen LogP contribution in [0.4, 0.5) is 0 Å². The molecule has 1 amide bonds. The Kier molecular flexibility index (Phi) is 5.26. The van der Waals surface area contributed by atoms with Crippen molar-refractivity contribution in [2.75, 3.05) is 26.7 Å². The molecular formula is C15H21ClN2O2. The third kappa shape index (κ3) is 3.25. The molecule has 1 unspecified atom stereocenters. The van der Waals surface area contributed by atoms with Crippen LogP contribution in [0.3, 0.4) is 0 Å². The normalized spacial score (nSPS) is 18.1. The van der Waals surface area contributed by atoms with Crippen LogP contribution < -0.4 is 10.1 Å². The van der Waals surface area contributed by atoms with Gasteiger partial charge in [-0.25, -0.2) is 0 Å². The molecule has 1 fully saturated rings. The van der Waals surface area contributed by atoms with Gasteiger partial charge < -0.3 is 15.0 Å². The van der Waals surface area contributed by atoms with Gasteiger partial charge in [-0.2, -0.15) is 0 Å². The molecular weight excluding hydrogens is 276 g/mol. The Labute approximate surface area is 125 Å². The van der Waals surface area contributed by atoms with Gasteiger partial charge in [0.15, 0.2) is 0 Å². The van der Waals surface area contributed by atoms with Gasteiger partial charge in [0.2, 0.25) is 0 Å². The van der Waals surface area contributed by atoms with Gasteiger partial charge in [-0.05, 0) is 37.6 Å². The number of carbonyl (C=O) groups excluding carboxylic acids is 1. The summed E-state index contributed by atoms with van der Waals surface area (Å²) in [6.07, 6.45) is 1.94. The van der Waals surface area contributed by atoms with Gasteiger partial charge in [0.1, 0.15) is 5.75 Å². The molecule has 1 aliphatic rings. The number of amides is 1. The minimum Gasteiger partial charge on any atom is -0.496 e. The number of benzene rings is 1. The van der Waals surface area contributed by atoms with Crippen molar-refractivity contribution in [3.63, 3.8) is 0 Å². The fraction of sp³-hybridized carbons (Fsp3) is 0.533. The van der Waals surface area contributed by atoms with Crippen LogP contribution in [0.1, 0.15) is 30.1 Å². The first-order valence-electron chi connectivity index (χ1n) is 7.02. The molecule has 0 saturated carbocycles. The predicted octanol–water partition coefficient (Wildman–Crippen LogP) is 2.56. The van der Waals surface area contributed by atoms with E-state index in [1.165, 1.54) is 0 Å². The predicted molar refractivity (Wildman–Crippen MR) is 80.6 cm³/mol. The third-order valence-electron chi connectivity index (χ3n) is 3.59. The highest BCUT2D eigenvalue weighted by Gasteiger charge is 2.28. The summed E-state index contributed by atoms with van der Waals surface area (Å²) < 4.78 is 5.29. The lowest BCUT2D eigenvalue weighted by Crippen LogP contribution is -2.42. The average molecular weight is 297 g/mol. The first-order chi connectivity index (χ1) is 9.67. The maximum Gasteiger partial charge on any atom is 0.257 e. The zero-order valence-electron chi connectivity index (χ0n) is 12.0. The molecule has 110 valence electrons. The van der Waals surface area contributed by atoms with Crippen molar-refractivity contribution in [2.45, 2.75) is 25.8 Å². The monoisotopic (exact) mass is 296 g/mol. The summed E-state index contributed by atoms with van der Waals surface area (Å²) in [4.78, 5) is 14.7. The molecule has 2 rings (SSSR count). The van der Waals surface area contributed by atoms with Crippen LogP contribution in [0.5, 0.6) is 5.75 Å². The Morgan fingerprint density at radius 2 is 2.35 bits per heavy atom. The number of nitrogens with zero attached hydrogens (tertiary/aromatic N) is 1. The average Bonchev–Trinajstić information content (AvgIpc) is 2.97. The van der Waals surface area contributed by atoms with Crippen LogP contribution in [0.25, 0.3) is 0 Å². The summed E-state index contributed by atoms with van der Waals surface area (Å²) in [5, 5.41) is 3.88. The van der Waals surface area contributed by atoms with E-state index in [0.29, 0.717) is 16.3 Å². The van der Waals surface area contributed by atoms with Gasteiger partial charge in [-0.1, -0.05) is 18.5 Å². The molecule has 0 bridgehead atoms. The molecule has 5 heteroatoms. The van der Waals surface area contributed by atoms with Gasteiger partial charge in [0.25, 0.3) is 5.91 Å². The molecule has 0 aliphatic carbocycles. The SMILES string of the molecule is CCCN(C(=O)c1ccc(Cl)cc1OC)C1CCNC1. The van der Waals surface area contributed by atoms with E-state index in [0.717, 1.165) is 32.5 Å². The zero-order chi connectivity index (χ0) is 14.5. The highest BCUT2D eigenvalue weighted by molar-refractivity contribution is 6.30. The van der Waals surface area contributed by atoms with E-state index in [1.54, 1.807) is 25.3 Å². The van der Waals surface area contributed by atoms with Crippen LogP contribution in [0, 0.1) is 0 Å². The van der Waals surface area contributed by atoms with Crippen molar-refractivity contribution in [1.29, 1.82) is 0 Å². The number of hydrogen-bond acceptors (Lipinski definition) is 3. The molecule has 1 aromatic rings. The van der Waals surface area contributed by atoms with Gasteiger partial charge in [-0.3, -0.25) is 4.79 Å². The molecule has 0 spiro atoms. The first kappa shape index (κ1) is 15.1. The standard InChI is InChI=1S/C15H21ClN2O2/c1-3-8-18(12-6-7-17-10-12)15(19)13-5-4-11(16)9-14(13)20-2/h4-5,9,12,17H,3,6-8,10H2,1-2H3. The number of halogens is 1. The molecule has 1 atom stereocenters. The smallest absolute Gasteiger partial charge is 0.257 e. The summed E-state index contributed by atoms with van der Waals surface area (Å²) in [5.41, 5.74) is 0.581. The second-order valence-electron chi connectivity index (χ2n) is 4.99. The number of methoxy groups -OCH3 is 1. The van der Waals surface area contributed by atoms with E-state index >= 15 is 0 Å². The molecule has 1 N–H and O–H groups in total. The Morgan fingerprint density at radius 3 is 2.95 bits per heavy atom. The number of hydrogen-bond donors (Lipinski definition) is 1. The molecule has 0 radical (unpaired) electrons. The molecule has 20 heavy (non-hydrogen) atoms. The summed E-state index contributed by atoms with van der Waals surface area (Å²) in [6, 6.07) is 5.43. The Bertz CT molecular complexity index is 473. The minimum absolute atomic E-state index is 0.0223. The lowest BCUT2D eigenvalue weighted by atomic mass is 10.1. The fourth-order valence-corrected chi connectivity index (χ4v) is 2.75. The largest absolute Gasteiger partial charge is 0.496 e. The Balaban J connectivity index is 2.26. The second-order valence-corrected chi connectivity index (χ2v) is 5.43. The van der Waals surface area contributed by atoms with E-state index in [9.17, 15) is 4.79 Å². The van der Waals surface area contributed by atoms with E-state index < -0.39 is 0 Å². The fourth-order valence-electron chi connectivity index (χ4n) is 2.59. The highest BCUT2D eigenvalue weighted by atomic mass is 35.5. The van der Waals surface area contributed by atoms with E-state index in [2.05, 4.69) is 12.2 Å². The lowest BCUT2D eigenvalue weighted by Gasteiger charge is -2.28. The maximum absolute atomic E-state index is 12.8. The van der Waals surface area contributed by atoms with Gasteiger partial charge in [0, 0.05) is 24.2 Å². The molecule has 4 nitrogen and oxygen atoms in total. The topological polar surface area (TPSA) is 41.6 Å². The summed E-state index contributed by atoms with van der Waals surface area (Å²) in [7, 11) is 1.56. The zero-order valence-corrected chi connectivity index (χ0v) is 12.7. The maximum atomic E-state index is 12.8. The second kappa shape index (κ2) is 6.95. The van der Waals surface area contributed by atoms with Gasteiger partial charge in [0.05, 0.1) is 12.7 Å². The number of carbonyl (C=O) groups is 1. The van der Waals surface area contributed by atoms with Crippen molar-refractivity contribution in [2.24, 2.45) is 0 Å². The molecule has 1 aliphatic heterocycles. The van der Waals surface area contributed by atoms with Crippen molar-refractivity contribution >= 4 is 17.5 Å².